The van der Waals surface area contributed by atoms with Crippen molar-refractivity contribution in [1.29, 1.82) is 0 Å². The first-order valence-electron chi connectivity index (χ1n) is 8.84. The third kappa shape index (κ3) is 4.76. The molecule has 0 amide bonds. The predicted octanol–water partition coefficient (Wildman–Crippen LogP) is 1.35. The zero-order chi connectivity index (χ0) is 17.9. The third-order valence-electron chi connectivity index (χ3n) is 4.60. The van der Waals surface area contributed by atoms with E-state index in [2.05, 4.69) is 40.8 Å². The molecule has 1 saturated heterocycles. The summed E-state index contributed by atoms with van der Waals surface area (Å²) in [7, 11) is 0. The van der Waals surface area contributed by atoms with E-state index in [-0.39, 0.29) is 11.0 Å². The Bertz CT molecular complexity index is 725. The molecule has 2 aromatic heterocycles. The van der Waals surface area contributed by atoms with E-state index >= 15 is 0 Å². The Morgan fingerprint density at radius 2 is 1.76 bits per heavy atom. The molecule has 3 rings (SSSR count). The Balaban J connectivity index is 1.51. The molecular formula is C18H27N5O2. The van der Waals surface area contributed by atoms with Crippen LogP contribution in [-0.2, 0) is 18.5 Å². The highest BCUT2D eigenvalue weighted by molar-refractivity contribution is 5.10. The normalized spacial score (nSPS) is 17.1. The maximum Gasteiger partial charge on any atom is 0.266 e. The number of piperazine rings is 1. The first-order chi connectivity index (χ1) is 11.9. The standard InChI is InChI=1S/C18H27N5O2/c1-18(2,3)16-4-5-17(24)23(19-16)12-11-21-7-9-22(10-8-21)14-15-6-13-25-20-15/h4-6,13H,7-12,14H2,1-3H3. The first kappa shape index (κ1) is 17.8. The molecule has 1 fully saturated rings. The Kier molecular flexibility index (Phi) is 5.34. The Hall–Kier alpha value is -1.99. The second-order valence-corrected chi connectivity index (χ2v) is 7.64. The molecule has 0 unspecified atom stereocenters. The highest BCUT2D eigenvalue weighted by atomic mass is 16.5. The minimum absolute atomic E-state index is 0.0299. The minimum atomic E-state index is -0.0534. The first-order valence-corrected chi connectivity index (χ1v) is 8.84. The van der Waals surface area contributed by atoms with Gasteiger partial charge in [0, 0.05) is 56.8 Å². The van der Waals surface area contributed by atoms with Crippen molar-refractivity contribution in [3.63, 3.8) is 0 Å². The summed E-state index contributed by atoms with van der Waals surface area (Å²) in [5.74, 6) is 0. The van der Waals surface area contributed by atoms with Gasteiger partial charge in [-0.3, -0.25) is 14.6 Å². The van der Waals surface area contributed by atoms with E-state index in [1.165, 1.54) is 0 Å². The fourth-order valence-electron chi connectivity index (χ4n) is 2.96. The lowest BCUT2D eigenvalue weighted by Crippen LogP contribution is -2.47. The van der Waals surface area contributed by atoms with Crippen molar-refractivity contribution in [3.8, 4) is 0 Å². The molecule has 1 aliphatic rings. The average Bonchev–Trinajstić information content (AvgIpc) is 3.07. The molecule has 7 nitrogen and oxygen atoms in total. The monoisotopic (exact) mass is 345 g/mol. The molecule has 136 valence electrons. The fourth-order valence-corrected chi connectivity index (χ4v) is 2.96. The second kappa shape index (κ2) is 7.49. The van der Waals surface area contributed by atoms with Gasteiger partial charge in [0.1, 0.15) is 6.26 Å². The zero-order valence-electron chi connectivity index (χ0n) is 15.3. The Labute approximate surface area is 148 Å². The molecule has 0 atom stereocenters. The van der Waals surface area contributed by atoms with Gasteiger partial charge in [0.05, 0.1) is 17.9 Å². The van der Waals surface area contributed by atoms with Crippen LogP contribution in [0.2, 0.25) is 0 Å². The molecule has 0 aliphatic carbocycles. The summed E-state index contributed by atoms with van der Waals surface area (Å²) in [6.45, 7) is 12.6. The van der Waals surface area contributed by atoms with Gasteiger partial charge in [-0.05, 0) is 6.07 Å². The van der Waals surface area contributed by atoms with E-state index in [4.69, 9.17) is 4.52 Å². The summed E-state index contributed by atoms with van der Waals surface area (Å²) in [6.07, 6.45) is 1.61. The summed E-state index contributed by atoms with van der Waals surface area (Å²) in [5.41, 5.74) is 1.84. The molecule has 1 aliphatic heterocycles. The molecule has 0 saturated carbocycles. The van der Waals surface area contributed by atoms with Crippen LogP contribution < -0.4 is 5.56 Å². The maximum atomic E-state index is 12.1. The van der Waals surface area contributed by atoms with E-state index in [1.54, 1.807) is 17.0 Å². The quantitative estimate of drug-likeness (QED) is 0.815. The molecule has 7 heteroatoms. The van der Waals surface area contributed by atoms with Gasteiger partial charge in [0.2, 0.25) is 0 Å². The van der Waals surface area contributed by atoms with Gasteiger partial charge < -0.3 is 4.52 Å². The lowest BCUT2D eigenvalue weighted by Gasteiger charge is -2.34. The molecule has 0 aromatic carbocycles. The molecule has 0 spiro atoms. The van der Waals surface area contributed by atoms with Crippen molar-refractivity contribution in [1.82, 2.24) is 24.7 Å². The van der Waals surface area contributed by atoms with Crippen LogP contribution in [0.3, 0.4) is 0 Å². The van der Waals surface area contributed by atoms with Crippen molar-refractivity contribution in [2.75, 3.05) is 32.7 Å². The van der Waals surface area contributed by atoms with Crippen LogP contribution in [0.4, 0.5) is 0 Å². The topological polar surface area (TPSA) is 67.4 Å². The smallest absolute Gasteiger partial charge is 0.266 e. The van der Waals surface area contributed by atoms with Crippen LogP contribution in [0, 0.1) is 0 Å². The molecular weight excluding hydrogens is 318 g/mol. The molecule has 0 radical (unpaired) electrons. The summed E-state index contributed by atoms with van der Waals surface area (Å²) < 4.78 is 6.48. The second-order valence-electron chi connectivity index (χ2n) is 7.64. The summed E-state index contributed by atoms with van der Waals surface area (Å²) in [6, 6.07) is 5.37. The predicted molar refractivity (Wildman–Crippen MR) is 95.4 cm³/mol. The van der Waals surface area contributed by atoms with E-state index in [0.29, 0.717) is 6.54 Å². The van der Waals surface area contributed by atoms with Crippen LogP contribution in [0.5, 0.6) is 0 Å². The number of hydrogen-bond donors (Lipinski definition) is 0. The van der Waals surface area contributed by atoms with E-state index < -0.39 is 0 Å². The minimum Gasteiger partial charge on any atom is -0.364 e. The molecule has 0 N–H and O–H groups in total. The Morgan fingerprint density at radius 1 is 1.04 bits per heavy atom. The molecule has 0 bridgehead atoms. The van der Waals surface area contributed by atoms with Crippen LogP contribution in [0.25, 0.3) is 0 Å². The lowest BCUT2D eigenvalue weighted by atomic mass is 9.92. The van der Waals surface area contributed by atoms with E-state index in [9.17, 15) is 4.79 Å². The number of nitrogens with zero attached hydrogens (tertiary/aromatic N) is 5. The maximum absolute atomic E-state index is 12.1. The van der Waals surface area contributed by atoms with Crippen LogP contribution >= 0.6 is 0 Å². The summed E-state index contributed by atoms with van der Waals surface area (Å²) in [4.78, 5) is 16.8. The Morgan fingerprint density at radius 3 is 2.40 bits per heavy atom. The highest BCUT2D eigenvalue weighted by Gasteiger charge is 2.19. The van der Waals surface area contributed by atoms with Crippen molar-refractivity contribution in [3.05, 3.63) is 46.2 Å². The largest absolute Gasteiger partial charge is 0.364 e. The van der Waals surface area contributed by atoms with Crippen LogP contribution in [0.15, 0.2) is 33.8 Å². The van der Waals surface area contributed by atoms with E-state index in [1.807, 2.05) is 12.1 Å². The fraction of sp³-hybridized carbons (Fsp3) is 0.611. The molecule has 3 heterocycles. The number of hydrogen-bond acceptors (Lipinski definition) is 6. The average molecular weight is 345 g/mol. The van der Waals surface area contributed by atoms with Crippen LogP contribution in [0.1, 0.15) is 32.2 Å². The van der Waals surface area contributed by atoms with Gasteiger partial charge in [-0.15, -0.1) is 0 Å². The lowest BCUT2D eigenvalue weighted by molar-refractivity contribution is 0.120. The van der Waals surface area contributed by atoms with Gasteiger partial charge in [0.25, 0.3) is 5.56 Å². The van der Waals surface area contributed by atoms with Crippen molar-refractivity contribution in [2.45, 2.75) is 39.3 Å². The number of aromatic nitrogens is 3. The third-order valence-corrected chi connectivity index (χ3v) is 4.60. The van der Waals surface area contributed by atoms with Crippen molar-refractivity contribution in [2.24, 2.45) is 0 Å². The highest BCUT2D eigenvalue weighted by Crippen LogP contribution is 2.18. The molecule has 25 heavy (non-hydrogen) atoms. The van der Waals surface area contributed by atoms with Gasteiger partial charge in [-0.1, -0.05) is 25.9 Å². The van der Waals surface area contributed by atoms with Gasteiger partial charge in [-0.25, -0.2) is 4.68 Å². The van der Waals surface area contributed by atoms with Gasteiger partial charge in [-0.2, -0.15) is 5.10 Å². The summed E-state index contributed by atoms with van der Waals surface area (Å²) in [5, 5.41) is 8.51. The number of rotatable bonds is 5. The zero-order valence-corrected chi connectivity index (χ0v) is 15.3. The van der Waals surface area contributed by atoms with Crippen molar-refractivity contribution < 1.29 is 4.52 Å². The van der Waals surface area contributed by atoms with Crippen LogP contribution in [-0.4, -0.2) is 57.5 Å². The van der Waals surface area contributed by atoms with Gasteiger partial charge >= 0.3 is 0 Å². The van der Waals surface area contributed by atoms with Crippen molar-refractivity contribution >= 4 is 0 Å². The van der Waals surface area contributed by atoms with E-state index in [0.717, 1.165) is 50.7 Å². The molecule has 2 aromatic rings. The van der Waals surface area contributed by atoms with Gasteiger partial charge in [0.15, 0.2) is 0 Å². The summed E-state index contributed by atoms with van der Waals surface area (Å²) >= 11 is 0. The SMILES string of the molecule is CC(C)(C)c1ccc(=O)n(CCN2CCN(Cc3ccon3)CC2)n1.